The number of benzene rings is 1. The Kier molecular flexibility index (Phi) is 3.64. The summed E-state index contributed by atoms with van der Waals surface area (Å²) in [7, 11) is 0. The number of hydrogen-bond donors (Lipinski definition) is 1. The van der Waals surface area contributed by atoms with Crippen LogP contribution < -0.4 is 0 Å². The zero-order chi connectivity index (χ0) is 13.4. The Bertz CT molecular complexity index is 445. The van der Waals surface area contributed by atoms with Gasteiger partial charge in [0.05, 0.1) is 6.10 Å². The van der Waals surface area contributed by atoms with Gasteiger partial charge in [0.2, 0.25) is 0 Å². The highest BCUT2D eigenvalue weighted by atomic mass is 16.3. The van der Waals surface area contributed by atoms with Gasteiger partial charge in [-0.25, -0.2) is 0 Å². The molecule has 1 heterocycles. The highest BCUT2D eigenvalue weighted by molar-refractivity contribution is 5.32. The molecular weight excluding hydrogens is 234 g/mol. The minimum absolute atomic E-state index is 0.306. The molecule has 0 bridgehead atoms. The lowest BCUT2D eigenvalue weighted by molar-refractivity contribution is 0.0104. The zero-order valence-corrected chi connectivity index (χ0v) is 12.0. The third-order valence-electron chi connectivity index (χ3n) is 5.15. The molecule has 2 aliphatic rings. The van der Waals surface area contributed by atoms with E-state index in [1.807, 2.05) is 0 Å². The molecule has 0 radical (unpaired) electrons. The number of likely N-dealkylation sites (tertiary alicyclic amines) is 1. The summed E-state index contributed by atoms with van der Waals surface area (Å²) in [5, 5.41) is 10.8. The van der Waals surface area contributed by atoms with Gasteiger partial charge in [0.1, 0.15) is 0 Å². The summed E-state index contributed by atoms with van der Waals surface area (Å²) >= 11 is 0. The Morgan fingerprint density at radius 3 is 2.79 bits per heavy atom. The molecule has 1 aliphatic carbocycles. The van der Waals surface area contributed by atoms with Gasteiger partial charge in [0.25, 0.3) is 0 Å². The standard InChI is InChI=1S/C17H25NO/c1-3-14-10-8-12(2)18(14)16-11-9-13-6-4-5-7-15(13)17(16)19/h4-7,12,14,16-17,19H,3,8-11H2,1-2H3. The van der Waals surface area contributed by atoms with Gasteiger partial charge in [0.15, 0.2) is 0 Å². The molecule has 19 heavy (non-hydrogen) atoms. The maximum Gasteiger partial charge on any atom is 0.0948 e. The summed E-state index contributed by atoms with van der Waals surface area (Å²) in [6.45, 7) is 4.60. The molecule has 0 amide bonds. The van der Waals surface area contributed by atoms with Crippen molar-refractivity contribution in [2.24, 2.45) is 0 Å². The van der Waals surface area contributed by atoms with E-state index in [9.17, 15) is 5.11 Å². The van der Waals surface area contributed by atoms with E-state index in [1.54, 1.807) is 0 Å². The van der Waals surface area contributed by atoms with Gasteiger partial charge in [-0.2, -0.15) is 0 Å². The van der Waals surface area contributed by atoms with Gasteiger partial charge in [0, 0.05) is 18.1 Å². The molecule has 1 aromatic carbocycles. The number of aliphatic hydroxyl groups excluding tert-OH is 1. The molecule has 2 nitrogen and oxygen atoms in total. The first kappa shape index (κ1) is 13.1. The highest BCUT2D eigenvalue weighted by Gasteiger charge is 2.40. The fourth-order valence-corrected chi connectivity index (χ4v) is 4.14. The van der Waals surface area contributed by atoms with Crippen LogP contribution in [-0.4, -0.2) is 28.1 Å². The first-order valence-corrected chi connectivity index (χ1v) is 7.75. The van der Waals surface area contributed by atoms with E-state index in [2.05, 4.69) is 43.0 Å². The minimum atomic E-state index is -0.306. The summed E-state index contributed by atoms with van der Waals surface area (Å²) in [5.41, 5.74) is 2.50. The predicted octanol–water partition coefficient (Wildman–Crippen LogP) is 3.30. The molecule has 4 unspecified atom stereocenters. The lowest BCUT2D eigenvalue weighted by atomic mass is 9.84. The van der Waals surface area contributed by atoms with E-state index in [-0.39, 0.29) is 6.10 Å². The van der Waals surface area contributed by atoms with Crippen molar-refractivity contribution < 1.29 is 5.11 Å². The van der Waals surface area contributed by atoms with Crippen molar-refractivity contribution in [3.63, 3.8) is 0 Å². The number of fused-ring (bicyclic) bond motifs is 1. The Labute approximate surface area is 116 Å². The first-order chi connectivity index (χ1) is 9.22. The van der Waals surface area contributed by atoms with Crippen molar-refractivity contribution >= 4 is 0 Å². The van der Waals surface area contributed by atoms with Crippen LogP contribution in [0, 0.1) is 0 Å². The van der Waals surface area contributed by atoms with Crippen LogP contribution >= 0.6 is 0 Å². The average molecular weight is 259 g/mol. The van der Waals surface area contributed by atoms with Crippen LogP contribution in [0.4, 0.5) is 0 Å². The van der Waals surface area contributed by atoms with Gasteiger partial charge in [-0.1, -0.05) is 31.2 Å². The van der Waals surface area contributed by atoms with E-state index in [0.717, 1.165) is 18.4 Å². The molecule has 1 N–H and O–H groups in total. The maximum absolute atomic E-state index is 10.8. The van der Waals surface area contributed by atoms with Gasteiger partial charge >= 0.3 is 0 Å². The Morgan fingerprint density at radius 1 is 1.21 bits per heavy atom. The Balaban J connectivity index is 1.87. The molecule has 3 rings (SSSR count). The van der Waals surface area contributed by atoms with Crippen LogP contribution in [-0.2, 0) is 6.42 Å². The van der Waals surface area contributed by atoms with Crippen LogP contribution in [0.3, 0.4) is 0 Å². The van der Waals surface area contributed by atoms with E-state index < -0.39 is 0 Å². The molecular formula is C17H25NO. The summed E-state index contributed by atoms with van der Waals surface area (Å²) in [5.74, 6) is 0. The van der Waals surface area contributed by atoms with Crippen molar-refractivity contribution in [1.29, 1.82) is 0 Å². The number of aryl methyl sites for hydroxylation is 1. The topological polar surface area (TPSA) is 23.5 Å². The second kappa shape index (κ2) is 5.26. The van der Waals surface area contributed by atoms with E-state index >= 15 is 0 Å². The zero-order valence-electron chi connectivity index (χ0n) is 12.0. The smallest absolute Gasteiger partial charge is 0.0948 e. The second-order valence-electron chi connectivity index (χ2n) is 6.19. The minimum Gasteiger partial charge on any atom is -0.387 e. The monoisotopic (exact) mass is 259 g/mol. The van der Waals surface area contributed by atoms with Crippen LogP contribution in [0.5, 0.6) is 0 Å². The molecule has 0 spiro atoms. The van der Waals surface area contributed by atoms with Crippen molar-refractivity contribution in [1.82, 2.24) is 4.90 Å². The molecule has 0 saturated carbocycles. The number of rotatable bonds is 2. The van der Waals surface area contributed by atoms with E-state index in [4.69, 9.17) is 0 Å². The Morgan fingerprint density at radius 2 is 2.00 bits per heavy atom. The third kappa shape index (κ3) is 2.21. The SMILES string of the molecule is CCC1CCC(C)N1C1CCc2ccccc2C1O. The lowest BCUT2D eigenvalue weighted by Gasteiger charge is -2.41. The second-order valence-corrected chi connectivity index (χ2v) is 6.19. The van der Waals surface area contributed by atoms with Gasteiger partial charge in [-0.05, 0) is 50.2 Å². The molecule has 1 aromatic rings. The van der Waals surface area contributed by atoms with Crippen molar-refractivity contribution in [3.05, 3.63) is 35.4 Å². The van der Waals surface area contributed by atoms with Gasteiger partial charge in [-0.3, -0.25) is 4.90 Å². The van der Waals surface area contributed by atoms with Crippen molar-refractivity contribution in [2.75, 3.05) is 0 Å². The predicted molar refractivity (Wildman–Crippen MR) is 78.1 cm³/mol. The van der Waals surface area contributed by atoms with Crippen LogP contribution in [0.1, 0.15) is 56.8 Å². The van der Waals surface area contributed by atoms with Gasteiger partial charge < -0.3 is 5.11 Å². The fraction of sp³-hybridized carbons (Fsp3) is 0.647. The summed E-state index contributed by atoms with van der Waals surface area (Å²) in [6.07, 6.45) is 5.68. The third-order valence-corrected chi connectivity index (χ3v) is 5.15. The molecule has 104 valence electrons. The summed E-state index contributed by atoms with van der Waals surface area (Å²) in [4.78, 5) is 2.61. The molecule has 2 heteroatoms. The largest absolute Gasteiger partial charge is 0.387 e. The molecule has 4 atom stereocenters. The van der Waals surface area contributed by atoms with Crippen molar-refractivity contribution in [2.45, 2.75) is 70.2 Å². The van der Waals surface area contributed by atoms with Crippen LogP contribution in [0.25, 0.3) is 0 Å². The average Bonchev–Trinajstić information content (AvgIpc) is 2.81. The fourth-order valence-electron chi connectivity index (χ4n) is 4.14. The molecule has 1 aliphatic heterocycles. The molecule has 1 saturated heterocycles. The quantitative estimate of drug-likeness (QED) is 0.881. The number of nitrogens with zero attached hydrogens (tertiary/aromatic N) is 1. The summed E-state index contributed by atoms with van der Waals surface area (Å²) < 4.78 is 0. The first-order valence-electron chi connectivity index (χ1n) is 7.75. The summed E-state index contributed by atoms with van der Waals surface area (Å²) in [6, 6.07) is 10.0. The molecule has 0 aromatic heterocycles. The van der Waals surface area contributed by atoms with Crippen LogP contribution in [0.15, 0.2) is 24.3 Å². The van der Waals surface area contributed by atoms with E-state index in [1.165, 1.54) is 24.8 Å². The number of hydrogen-bond acceptors (Lipinski definition) is 2. The molecule has 1 fully saturated rings. The maximum atomic E-state index is 10.8. The van der Waals surface area contributed by atoms with Gasteiger partial charge in [-0.15, -0.1) is 0 Å². The van der Waals surface area contributed by atoms with Crippen LogP contribution in [0.2, 0.25) is 0 Å². The Hall–Kier alpha value is -0.860. The van der Waals surface area contributed by atoms with E-state index in [0.29, 0.717) is 18.1 Å². The lowest BCUT2D eigenvalue weighted by Crippen LogP contribution is -2.47. The highest BCUT2D eigenvalue weighted by Crippen LogP contribution is 2.38. The van der Waals surface area contributed by atoms with Crippen molar-refractivity contribution in [3.8, 4) is 0 Å². The normalized spacial score (nSPS) is 35.3. The number of aliphatic hydroxyl groups is 1.